The molecule has 2 rings (SSSR count). The van der Waals surface area contributed by atoms with E-state index >= 15 is 0 Å². The largest absolute Gasteiger partial charge is 0.473 e. The molecule has 19 heavy (non-hydrogen) atoms. The van der Waals surface area contributed by atoms with Crippen molar-refractivity contribution in [1.29, 1.82) is 0 Å². The summed E-state index contributed by atoms with van der Waals surface area (Å²) in [6.07, 6.45) is 3.10. The lowest BCUT2D eigenvalue weighted by molar-refractivity contribution is 0.102. The van der Waals surface area contributed by atoms with Crippen LogP contribution in [0, 0.1) is 6.92 Å². The summed E-state index contributed by atoms with van der Waals surface area (Å²) < 4.78 is 5.54. The predicted octanol–water partition coefficient (Wildman–Crippen LogP) is 2.15. The number of carbonyl (C=O) groups is 1. The van der Waals surface area contributed by atoms with E-state index in [2.05, 4.69) is 20.5 Å². The van der Waals surface area contributed by atoms with E-state index in [9.17, 15) is 4.79 Å². The van der Waals surface area contributed by atoms with Crippen LogP contribution in [0.5, 0.6) is 5.88 Å². The van der Waals surface area contributed by atoms with E-state index in [1.165, 1.54) is 6.20 Å². The quantitative estimate of drug-likeness (QED) is 0.882. The molecule has 0 radical (unpaired) electrons. The van der Waals surface area contributed by atoms with Crippen LogP contribution in [-0.4, -0.2) is 27.2 Å². The van der Waals surface area contributed by atoms with Crippen molar-refractivity contribution in [2.24, 2.45) is 0 Å². The first-order chi connectivity index (χ1) is 9.08. The number of aryl methyl sites for hydroxylation is 1. The van der Waals surface area contributed by atoms with Crippen molar-refractivity contribution in [3.8, 4) is 5.88 Å². The number of aromatic amines is 1. The first-order valence-corrected chi connectivity index (χ1v) is 6.01. The summed E-state index contributed by atoms with van der Waals surface area (Å²) in [5, 5.41) is 9.32. The Labute approximate surface area is 111 Å². The number of carbonyl (C=O) groups excluding carboxylic acids is 1. The van der Waals surface area contributed by atoms with Gasteiger partial charge in [0.1, 0.15) is 5.69 Å². The van der Waals surface area contributed by atoms with Crippen LogP contribution in [0.1, 0.15) is 29.9 Å². The number of amides is 1. The molecular formula is C13H16N4O2. The smallest absolute Gasteiger partial charge is 0.259 e. The van der Waals surface area contributed by atoms with Gasteiger partial charge < -0.3 is 10.1 Å². The van der Waals surface area contributed by atoms with Crippen molar-refractivity contribution in [3.05, 3.63) is 35.8 Å². The molecule has 2 aromatic rings. The van der Waals surface area contributed by atoms with Gasteiger partial charge in [-0.3, -0.25) is 9.89 Å². The average Bonchev–Trinajstić information content (AvgIpc) is 2.77. The highest BCUT2D eigenvalue weighted by atomic mass is 16.5. The van der Waals surface area contributed by atoms with E-state index in [0.717, 1.165) is 0 Å². The Morgan fingerprint density at radius 3 is 2.89 bits per heavy atom. The zero-order chi connectivity index (χ0) is 13.8. The molecule has 6 nitrogen and oxygen atoms in total. The van der Waals surface area contributed by atoms with Gasteiger partial charge in [0.2, 0.25) is 5.88 Å². The Bertz CT molecular complexity index is 578. The number of pyridine rings is 1. The maximum atomic E-state index is 12.1. The first kappa shape index (κ1) is 13.1. The normalized spacial score (nSPS) is 10.5. The molecule has 0 aliphatic rings. The van der Waals surface area contributed by atoms with Crippen LogP contribution < -0.4 is 10.1 Å². The second kappa shape index (κ2) is 5.51. The molecule has 0 spiro atoms. The molecule has 0 aliphatic heterocycles. The highest BCUT2D eigenvalue weighted by molar-refractivity contribution is 6.05. The fourth-order valence-electron chi connectivity index (χ4n) is 1.57. The number of nitrogens with zero attached hydrogens (tertiary/aromatic N) is 2. The van der Waals surface area contributed by atoms with E-state index in [1.54, 1.807) is 25.3 Å². The fraction of sp³-hybridized carbons (Fsp3) is 0.308. The molecule has 0 bridgehead atoms. The van der Waals surface area contributed by atoms with Crippen LogP contribution in [-0.2, 0) is 0 Å². The maximum absolute atomic E-state index is 12.1. The Balaban J connectivity index is 2.19. The summed E-state index contributed by atoms with van der Waals surface area (Å²) in [6.45, 7) is 5.59. The monoisotopic (exact) mass is 260 g/mol. The van der Waals surface area contributed by atoms with Crippen LogP contribution in [0.25, 0.3) is 0 Å². The number of hydrogen-bond acceptors (Lipinski definition) is 4. The van der Waals surface area contributed by atoms with E-state index in [0.29, 0.717) is 22.8 Å². The van der Waals surface area contributed by atoms with Crippen LogP contribution in [0.4, 0.5) is 5.69 Å². The number of hydrogen-bond donors (Lipinski definition) is 2. The van der Waals surface area contributed by atoms with Crippen molar-refractivity contribution < 1.29 is 9.53 Å². The number of rotatable bonds is 4. The molecule has 2 heterocycles. The summed E-state index contributed by atoms with van der Waals surface area (Å²) >= 11 is 0. The summed E-state index contributed by atoms with van der Waals surface area (Å²) in [4.78, 5) is 16.2. The van der Waals surface area contributed by atoms with Gasteiger partial charge in [-0.15, -0.1) is 0 Å². The molecule has 0 atom stereocenters. The van der Waals surface area contributed by atoms with Crippen LogP contribution in [0.2, 0.25) is 0 Å². The summed E-state index contributed by atoms with van der Waals surface area (Å²) in [7, 11) is 0. The fourth-order valence-corrected chi connectivity index (χ4v) is 1.57. The second-order valence-corrected chi connectivity index (χ2v) is 4.39. The lowest BCUT2D eigenvalue weighted by atomic mass is 10.2. The minimum Gasteiger partial charge on any atom is -0.473 e. The molecule has 0 fully saturated rings. The molecule has 0 saturated heterocycles. The zero-order valence-electron chi connectivity index (χ0n) is 11.1. The number of anilines is 1. The van der Waals surface area contributed by atoms with Gasteiger partial charge >= 0.3 is 0 Å². The van der Waals surface area contributed by atoms with Gasteiger partial charge in [-0.2, -0.15) is 5.10 Å². The van der Waals surface area contributed by atoms with Gasteiger partial charge in [0.15, 0.2) is 0 Å². The lowest BCUT2D eigenvalue weighted by Gasteiger charge is -2.13. The Morgan fingerprint density at radius 2 is 2.26 bits per heavy atom. The van der Waals surface area contributed by atoms with Crippen LogP contribution in [0.15, 0.2) is 24.5 Å². The Hall–Kier alpha value is -2.37. The number of aromatic nitrogens is 3. The van der Waals surface area contributed by atoms with Crippen molar-refractivity contribution in [2.75, 3.05) is 5.32 Å². The highest BCUT2D eigenvalue weighted by Gasteiger charge is 2.14. The molecule has 0 saturated carbocycles. The van der Waals surface area contributed by atoms with Gasteiger partial charge in [-0.05, 0) is 32.9 Å². The molecule has 1 amide bonds. The van der Waals surface area contributed by atoms with Gasteiger partial charge in [0, 0.05) is 11.9 Å². The third-order valence-corrected chi connectivity index (χ3v) is 2.44. The van der Waals surface area contributed by atoms with Crippen LogP contribution in [0.3, 0.4) is 0 Å². The number of H-pyrrole nitrogens is 1. The van der Waals surface area contributed by atoms with Gasteiger partial charge in [-0.1, -0.05) is 0 Å². The van der Waals surface area contributed by atoms with Crippen LogP contribution >= 0.6 is 0 Å². The predicted molar refractivity (Wildman–Crippen MR) is 71.3 cm³/mol. The van der Waals surface area contributed by atoms with Crippen molar-refractivity contribution in [3.63, 3.8) is 0 Å². The van der Waals surface area contributed by atoms with Gasteiger partial charge in [0.05, 0.1) is 17.9 Å². The molecule has 0 unspecified atom stereocenters. The summed E-state index contributed by atoms with van der Waals surface area (Å²) in [5.74, 6) is 0.167. The molecule has 2 aromatic heterocycles. The minimum atomic E-state index is -0.243. The van der Waals surface area contributed by atoms with E-state index in [4.69, 9.17) is 4.74 Å². The van der Waals surface area contributed by atoms with E-state index in [1.807, 2.05) is 13.8 Å². The van der Waals surface area contributed by atoms with E-state index < -0.39 is 0 Å². The Kier molecular flexibility index (Phi) is 3.79. The first-order valence-electron chi connectivity index (χ1n) is 6.01. The van der Waals surface area contributed by atoms with Crippen molar-refractivity contribution in [1.82, 2.24) is 15.2 Å². The van der Waals surface area contributed by atoms with Gasteiger partial charge in [-0.25, -0.2) is 4.98 Å². The molecule has 2 N–H and O–H groups in total. The zero-order valence-corrected chi connectivity index (χ0v) is 11.1. The molecule has 100 valence electrons. The molecule has 0 aromatic carbocycles. The van der Waals surface area contributed by atoms with E-state index in [-0.39, 0.29) is 12.0 Å². The van der Waals surface area contributed by atoms with Crippen molar-refractivity contribution >= 4 is 11.6 Å². The molecule has 6 heteroatoms. The topological polar surface area (TPSA) is 79.9 Å². The molecular weight excluding hydrogens is 244 g/mol. The molecule has 0 aliphatic carbocycles. The highest BCUT2D eigenvalue weighted by Crippen LogP contribution is 2.22. The SMILES string of the molecule is Cc1[nH]ncc1C(=O)Nc1cccnc1OC(C)C. The van der Waals surface area contributed by atoms with Gasteiger partial charge in [0.25, 0.3) is 5.91 Å². The minimum absolute atomic E-state index is 0.0128. The second-order valence-electron chi connectivity index (χ2n) is 4.39. The third kappa shape index (κ3) is 3.09. The van der Waals surface area contributed by atoms with Crippen molar-refractivity contribution in [2.45, 2.75) is 26.9 Å². The summed E-state index contributed by atoms with van der Waals surface area (Å²) in [5.41, 5.74) is 1.76. The maximum Gasteiger partial charge on any atom is 0.259 e. The lowest BCUT2D eigenvalue weighted by Crippen LogP contribution is -2.15. The summed E-state index contributed by atoms with van der Waals surface area (Å²) in [6, 6.07) is 3.49. The average molecular weight is 260 g/mol. The third-order valence-electron chi connectivity index (χ3n) is 2.44. The standard InChI is InChI=1S/C13H16N4O2/c1-8(2)19-13-11(5-4-6-14-13)16-12(18)10-7-15-17-9(10)3/h4-8H,1-3H3,(H,15,17)(H,16,18). The number of nitrogens with one attached hydrogen (secondary N) is 2. The number of ether oxygens (including phenoxy) is 1. The Morgan fingerprint density at radius 1 is 1.47 bits per heavy atom.